The Kier molecular flexibility index (Phi) is 3.55. The van der Waals surface area contributed by atoms with E-state index in [1.165, 1.54) is 4.90 Å². The lowest BCUT2D eigenvalue weighted by Crippen LogP contribution is -2.66. The van der Waals surface area contributed by atoms with Crippen LogP contribution in [0.1, 0.15) is 33.1 Å². The highest BCUT2D eigenvalue weighted by Crippen LogP contribution is 2.30. The largest absolute Gasteiger partial charge is 0.449 e. The SMILES string of the molecule is CCCCOC(=O)N1CCC1(C)C(N)=O. The second kappa shape index (κ2) is 4.51. The van der Waals surface area contributed by atoms with Crippen LogP contribution in [0.15, 0.2) is 0 Å². The van der Waals surface area contributed by atoms with E-state index in [9.17, 15) is 9.59 Å². The number of nitrogens with zero attached hydrogens (tertiary/aromatic N) is 1. The van der Waals surface area contributed by atoms with Gasteiger partial charge in [-0.05, 0) is 19.8 Å². The molecule has 1 aliphatic rings. The van der Waals surface area contributed by atoms with Crippen molar-refractivity contribution in [1.82, 2.24) is 4.90 Å². The Hall–Kier alpha value is -1.26. The van der Waals surface area contributed by atoms with Crippen molar-refractivity contribution in [1.29, 1.82) is 0 Å². The molecule has 1 atom stereocenters. The van der Waals surface area contributed by atoms with E-state index in [1.54, 1.807) is 6.92 Å². The molecule has 2 amide bonds. The highest BCUT2D eigenvalue weighted by Gasteiger charge is 2.49. The maximum absolute atomic E-state index is 11.5. The number of likely N-dealkylation sites (tertiary alicyclic amines) is 1. The number of carbonyl (C=O) groups is 2. The van der Waals surface area contributed by atoms with E-state index in [4.69, 9.17) is 10.5 Å². The lowest BCUT2D eigenvalue weighted by Gasteiger charge is -2.46. The highest BCUT2D eigenvalue weighted by molar-refractivity contribution is 5.89. The standard InChI is InChI=1S/C10H18N2O3/c1-3-4-7-15-9(14)12-6-5-10(12,2)8(11)13/h3-7H2,1-2H3,(H2,11,13). The fraction of sp³-hybridized carbons (Fsp3) is 0.800. The molecule has 15 heavy (non-hydrogen) atoms. The highest BCUT2D eigenvalue weighted by atomic mass is 16.6. The first kappa shape index (κ1) is 11.8. The van der Waals surface area contributed by atoms with Gasteiger partial charge in [0.15, 0.2) is 0 Å². The maximum Gasteiger partial charge on any atom is 0.410 e. The molecule has 2 N–H and O–H groups in total. The first-order valence-corrected chi connectivity index (χ1v) is 5.26. The van der Waals surface area contributed by atoms with E-state index < -0.39 is 17.5 Å². The molecule has 0 bridgehead atoms. The number of hydrogen-bond acceptors (Lipinski definition) is 3. The minimum Gasteiger partial charge on any atom is -0.449 e. The third-order valence-corrected chi connectivity index (χ3v) is 2.89. The van der Waals surface area contributed by atoms with Crippen molar-refractivity contribution in [3.05, 3.63) is 0 Å². The van der Waals surface area contributed by atoms with Crippen LogP contribution in [0.5, 0.6) is 0 Å². The molecule has 1 fully saturated rings. The summed E-state index contributed by atoms with van der Waals surface area (Å²) in [6.07, 6.45) is 1.99. The second-order valence-electron chi connectivity index (χ2n) is 4.01. The van der Waals surface area contributed by atoms with E-state index in [2.05, 4.69) is 0 Å². The van der Waals surface area contributed by atoms with Gasteiger partial charge in [0.1, 0.15) is 5.54 Å². The Morgan fingerprint density at radius 1 is 1.53 bits per heavy atom. The number of hydrogen-bond donors (Lipinski definition) is 1. The molecule has 0 aliphatic carbocycles. The molecule has 1 saturated heterocycles. The van der Waals surface area contributed by atoms with Crippen LogP contribution in [0.3, 0.4) is 0 Å². The quantitative estimate of drug-likeness (QED) is 0.706. The zero-order valence-electron chi connectivity index (χ0n) is 9.28. The monoisotopic (exact) mass is 214 g/mol. The van der Waals surface area contributed by atoms with Gasteiger partial charge in [-0.2, -0.15) is 0 Å². The van der Waals surface area contributed by atoms with E-state index in [1.807, 2.05) is 6.92 Å². The van der Waals surface area contributed by atoms with Crippen molar-refractivity contribution in [2.45, 2.75) is 38.6 Å². The summed E-state index contributed by atoms with van der Waals surface area (Å²) in [6, 6.07) is 0. The number of rotatable bonds is 4. The van der Waals surface area contributed by atoms with Gasteiger partial charge in [-0.15, -0.1) is 0 Å². The number of ether oxygens (including phenoxy) is 1. The van der Waals surface area contributed by atoms with Crippen molar-refractivity contribution >= 4 is 12.0 Å². The van der Waals surface area contributed by atoms with Crippen LogP contribution in [0, 0.1) is 0 Å². The summed E-state index contributed by atoms with van der Waals surface area (Å²) >= 11 is 0. The molecule has 0 saturated carbocycles. The zero-order valence-corrected chi connectivity index (χ0v) is 9.28. The predicted molar refractivity (Wildman–Crippen MR) is 55.2 cm³/mol. The molecule has 0 spiro atoms. The fourth-order valence-corrected chi connectivity index (χ4v) is 1.49. The summed E-state index contributed by atoms with van der Waals surface area (Å²) in [5.74, 6) is -0.471. The third-order valence-electron chi connectivity index (χ3n) is 2.89. The molecular weight excluding hydrogens is 196 g/mol. The van der Waals surface area contributed by atoms with Crippen LogP contribution in [-0.2, 0) is 9.53 Å². The molecule has 5 heteroatoms. The Morgan fingerprint density at radius 3 is 2.60 bits per heavy atom. The first-order valence-electron chi connectivity index (χ1n) is 5.26. The summed E-state index contributed by atoms with van der Waals surface area (Å²) in [7, 11) is 0. The van der Waals surface area contributed by atoms with Gasteiger partial charge in [-0.3, -0.25) is 9.69 Å². The third kappa shape index (κ3) is 2.22. The van der Waals surface area contributed by atoms with Crippen molar-refractivity contribution in [3.63, 3.8) is 0 Å². The summed E-state index contributed by atoms with van der Waals surface area (Å²) in [4.78, 5) is 24.0. The molecule has 0 aromatic carbocycles. The lowest BCUT2D eigenvalue weighted by atomic mass is 9.86. The summed E-state index contributed by atoms with van der Waals surface area (Å²) < 4.78 is 5.01. The van der Waals surface area contributed by atoms with Crippen LogP contribution in [-0.4, -0.2) is 35.6 Å². The normalized spacial score (nSPS) is 24.5. The number of nitrogens with two attached hydrogens (primary N) is 1. The Bertz CT molecular complexity index is 267. The van der Waals surface area contributed by atoms with Crippen molar-refractivity contribution in [2.24, 2.45) is 5.73 Å². The van der Waals surface area contributed by atoms with Crippen LogP contribution < -0.4 is 5.73 Å². The summed E-state index contributed by atoms with van der Waals surface area (Å²) in [5, 5.41) is 0. The first-order chi connectivity index (χ1) is 7.02. The topological polar surface area (TPSA) is 72.6 Å². The minimum atomic E-state index is -0.844. The molecule has 1 aliphatic heterocycles. The molecule has 1 rings (SSSR count). The smallest absolute Gasteiger partial charge is 0.410 e. The predicted octanol–water partition coefficient (Wildman–Crippen LogP) is 0.873. The van der Waals surface area contributed by atoms with Gasteiger partial charge >= 0.3 is 6.09 Å². The fourth-order valence-electron chi connectivity index (χ4n) is 1.49. The van der Waals surface area contributed by atoms with Crippen molar-refractivity contribution in [3.8, 4) is 0 Å². The van der Waals surface area contributed by atoms with E-state index in [0.717, 1.165) is 12.8 Å². The van der Waals surface area contributed by atoms with Gasteiger partial charge in [0.2, 0.25) is 5.91 Å². The number of carbonyl (C=O) groups excluding carboxylic acids is 2. The molecule has 1 heterocycles. The molecule has 86 valence electrons. The maximum atomic E-state index is 11.5. The zero-order chi connectivity index (χ0) is 11.5. The van der Waals surface area contributed by atoms with Gasteiger partial charge < -0.3 is 10.5 Å². The molecule has 5 nitrogen and oxygen atoms in total. The molecule has 0 aromatic rings. The van der Waals surface area contributed by atoms with Crippen LogP contribution in [0.4, 0.5) is 4.79 Å². The number of unbranched alkanes of at least 4 members (excludes halogenated alkanes) is 1. The summed E-state index contributed by atoms with van der Waals surface area (Å²) in [5.41, 5.74) is 4.38. The van der Waals surface area contributed by atoms with Gasteiger partial charge in [0.05, 0.1) is 6.61 Å². The van der Waals surface area contributed by atoms with Gasteiger partial charge in [0, 0.05) is 6.54 Å². The average molecular weight is 214 g/mol. The van der Waals surface area contributed by atoms with Gasteiger partial charge in [0.25, 0.3) is 0 Å². The number of amides is 2. The van der Waals surface area contributed by atoms with Crippen LogP contribution in [0.25, 0.3) is 0 Å². The molecule has 1 unspecified atom stereocenters. The lowest BCUT2D eigenvalue weighted by molar-refractivity contribution is -0.135. The minimum absolute atomic E-state index is 0.403. The van der Waals surface area contributed by atoms with Gasteiger partial charge in [-0.25, -0.2) is 4.79 Å². The van der Waals surface area contributed by atoms with E-state index in [0.29, 0.717) is 19.6 Å². The number of primary amides is 1. The van der Waals surface area contributed by atoms with Crippen LogP contribution in [0.2, 0.25) is 0 Å². The Morgan fingerprint density at radius 2 is 2.20 bits per heavy atom. The van der Waals surface area contributed by atoms with Crippen molar-refractivity contribution < 1.29 is 14.3 Å². The Labute approximate surface area is 89.6 Å². The second-order valence-corrected chi connectivity index (χ2v) is 4.01. The van der Waals surface area contributed by atoms with E-state index >= 15 is 0 Å². The van der Waals surface area contributed by atoms with E-state index in [-0.39, 0.29) is 0 Å². The average Bonchev–Trinajstić information content (AvgIpc) is 2.15. The molecule has 0 aromatic heterocycles. The molecule has 0 radical (unpaired) electrons. The summed E-state index contributed by atoms with van der Waals surface area (Å²) in [6.45, 7) is 4.63. The molecular formula is C10H18N2O3. The van der Waals surface area contributed by atoms with Gasteiger partial charge in [-0.1, -0.05) is 13.3 Å². The van der Waals surface area contributed by atoms with Crippen molar-refractivity contribution in [2.75, 3.05) is 13.2 Å². The van der Waals surface area contributed by atoms with Crippen LogP contribution >= 0.6 is 0 Å². The Balaban J connectivity index is 2.44.